The molecular weight excluding hydrogens is 384 g/mol. The van der Waals surface area contributed by atoms with Crippen LogP contribution in [0.4, 0.5) is 0 Å². The van der Waals surface area contributed by atoms with Crippen molar-refractivity contribution in [2.75, 3.05) is 7.05 Å². The van der Waals surface area contributed by atoms with Gasteiger partial charge in [-0.25, -0.2) is 9.97 Å². The molecule has 7 heteroatoms. The SMILES string of the molecule is Cc1cccc(-c2nc(CC(=O)N(C)Cc3nc4ccccc4c(=O)[nH]3)cs2)c1. The normalized spacial score (nSPS) is 11.0. The first-order valence-electron chi connectivity index (χ1n) is 9.23. The van der Waals surface area contributed by atoms with E-state index in [9.17, 15) is 9.59 Å². The monoisotopic (exact) mass is 404 g/mol. The average molecular weight is 404 g/mol. The Morgan fingerprint density at radius 2 is 1.97 bits per heavy atom. The Bertz CT molecular complexity index is 1240. The summed E-state index contributed by atoms with van der Waals surface area (Å²) in [5, 5.41) is 3.36. The quantitative estimate of drug-likeness (QED) is 0.552. The number of para-hydroxylation sites is 1. The highest BCUT2D eigenvalue weighted by Crippen LogP contribution is 2.24. The number of carbonyl (C=O) groups is 1. The number of amides is 1. The van der Waals surface area contributed by atoms with Crippen LogP contribution >= 0.6 is 11.3 Å². The number of thiazole rings is 1. The summed E-state index contributed by atoms with van der Waals surface area (Å²) in [6, 6.07) is 15.3. The smallest absolute Gasteiger partial charge is 0.258 e. The second kappa shape index (κ2) is 7.97. The molecule has 2 aromatic carbocycles. The highest BCUT2D eigenvalue weighted by molar-refractivity contribution is 7.13. The van der Waals surface area contributed by atoms with Gasteiger partial charge >= 0.3 is 0 Å². The number of aromatic nitrogens is 3. The molecule has 1 amide bonds. The third-order valence-electron chi connectivity index (χ3n) is 4.62. The van der Waals surface area contributed by atoms with Crippen molar-refractivity contribution >= 4 is 28.1 Å². The number of hydrogen-bond acceptors (Lipinski definition) is 5. The maximum atomic E-state index is 12.6. The van der Waals surface area contributed by atoms with E-state index in [-0.39, 0.29) is 24.4 Å². The molecule has 2 aromatic heterocycles. The largest absolute Gasteiger partial charge is 0.338 e. The van der Waals surface area contributed by atoms with Crippen LogP contribution < -0.4 is 5.56 Å². The van der Waals surface area contributed by atoms with E-state index < -0.39 is 0 Å². The number of carbonyl (C=O) groups excluding carboxylic acids is 1. The number of benzene rings is 2. The van der Waals surface area contributed by atoms with Crippen LogP contribution in [-0.2, 0) is 17.8 Å². The molecule has 0 unspecified atom stereocenters. The van der Waals surface area contributed by atoms with Gasteiger partial charge < -0.3 is 9.88 Å². The molecule has 29 heavy (non-hydrogen) atoms. The third kappa shape index (κ3) is 4.25. The predicted molar refractivity (Wildman–Crippen MR) is 115 cm³/mol. The third-order valence-corrected chi connectivity index (χ3v) is 5.56. The Balaban J connectivity index is 1.46. The van der Waals surface area contributed by atoms with Gasteiger partial charge in [0.2, 0.25) is 5.91 Å². The van der Waals surface area contributed by atoms with Gasteiger partial charge in [-0.3, -0.25) is 9.59 Å². The first-order chi connectivity index (χ1) is 14.0. The number of fused-ring (bicyclic) bond motifs is 1. The second-order valence-corrected chi connectivity index (χ2v) is 7.83. The molecule has 146 valence electrons. The lowest BCUT2D eigenvalue weighted by Crippen LogP contribution is -2.29. The summed E-state index contributed by atoms with van der Waals surface area (Å²) in [5.41, 5.74) is 3.39. The summed E-state index contributed by atoms with van der Waals surface area (Å²) >= 11 is 1.53. The maximum Gasteiger partial charge on any atom is 0.258 e. The molecule has 1 N–H and O–H groups in total. The van der Waals surface area contributed by atoms with Gasteiger partial charge in [-0.05, 0) is 25.1 Å². The van der Waals surface area contributed by atoms with Crippen molar-refractivity contribution in [3.05, 3.63) is 81.3 Å². The molecule has 0 bridgehead atoms. The molecule has 6 nitrogen and oxygen atoms in total. The average Bonchev–Trinajstić information content (AvgIpc) is 3.16. The van der Waals surface area contributed by atoms with Crippen LogP contribution in [0.15, 0.2) is 58.7 Å². The van der Waals surface area contributed by atoms with E-state index in [4.69, 9.17) is 0 Å². The number of aromatic amines is 1. The summed E-state index contributed by atoms with van der Waals surface area (Å²) in [6.45, 7) is 2.27. The summed E-state index contributed by atoms with van der Waals surface area (Å²) in [5.74, 6) is 0.380. The van der Waals surface area contributed by atoms with Gasteiger partial charge in [-0.2, -0.15) is 0 Å². The zero-order valence-electron chi connectivity index (χ0n) is 16.2. The van der Waals surface area contributed by atoms with Crippen LogP contribution in [0, 0.1) is 6.92 Å². The minimum Gasteiger partial charge on any atom is -0.338 e. The van der Waals surface area contributed by atoms with Gasteiger partial charge in [0, 0.05) is 18.0 Å². The fourth-order valence-corrected chi connectivity index (χ4v) is 3.93. The molecular formula is C22H20N4O2S. The molecule has 4 aromatic rings. The molecule has 0 saturated carbocycles. The fourth-order valence-electron chi connectivity index (χ4n) is 3.11. The number of rotatable bonds is 5. The van der Waals surface area contributed by atoms with Gasteiger partial charge in [-0.15, -0.1) is 11.3 Å². The standard InChI is InChI=1S/C22H20N4O2S/c1-14-6-5-7-15(10-14)22-23-16(13-29-22)11-20(27)26(2)12-19-24-18-9-4-3-8-17(18)21(28)25-19/h3-10,13H,11-12H2,1-2H3,(H,24,25,28). The van der Waals surface area contributed by atoms with Crippen molar-refractivity contribution in [1.82, 2.24) is 19.9 Å². The van der Waals surface area contributed by atoms with Crippen molar-refractivity contribution in [3.8, 4) is 10.6 Å². The van der Waals surface area contributed by atoms with Gasteiger partial charge in [0.05, 0.1) is 29.6 Å². The van der Waals surface area contributed by atoms with Crippen LogP contribution in [0.2, 0.25) is 0 Å². The number of aryl methyl sites for hydroxylation is 1. The predicted octanol–water partition coefficient (Wildman–Crippen LogP) is 3.56. The zero-order chi connectivity index (χ0) is 20.4. The van der Waals surface area contributed by atoms with Crippen LogP contribution in [0.25, 0.3) is 21.5 Å². The highest BCUT2D eigenvalue weighted by atomic mass is 32.1. The molecule has 0 aliphatic carbocycles. The van der Waals surface area contributed by atoms with Crippen LogP contribution in [0.5, 0.6) is 0 Å². The van der Waals surface area contributed by atoms with E-state index >= 15 is 0 Å². The van der Waals surface area contributed by atoms with Gasteiger partial charge in [0.25, 0.3) is 5.56 Å². The van der Waals surface area contributed by atoms with Gasteiger partial charge in [0.15, 0.2) is 0 Å². The maximum absolute atomic E-state index is 12.6. The number of hydrogen-bond donors (Lipinski definition) is 1. The van der Waals surface area contributed by atoms with Crippen LogP contribution in [0.3, 0.4) is 0 Å². The van der Waals surface area contributed by atoms with E-state index in [1.807, 2.05) is 36.6 Å². The lowest BCUT2D eigenvalue weighted by Gasteiger charge is -2.16. The van der Waals surface area contributed by atoms with E-state index in [0.717, 1.165) is 16.3 Å². The molecule has 0 radical (unpaired) electrons. The number of likely N-dealkylation sites (N-methyl/N-ethyl adjacent to an activating group) is 1. The molecule has 2 heterocycles. The van der Waals surface area contributed by atoms with Crippen molar-refractivity contribution in [1.29, 1.82) is 0 Å². The molecule has 0 atom stereocenters. The molecule has 0 spiro atoms. The Labute approximate surface area is 171 Å². The fraction of sp³-hybridized carbons (Fsp3) is 0.182. The first-order valence-corrected chi connectivity index (χ1v) is 10.1. The molecule has 0 saturated heterocycles. The Morgan fingerprint density at radius 3 is 2.79 bits per heavy atom. The van der Waals surface area contributed by atoms with Crippen molar-refractivity contribution in [3.63, 3.8) is 0 Å². The van der Waals surface area contributed by atoms with E-state index in [0.29, 0.717) is 16.7 Å². The molecule has 4 rings (SSSR count). The number of H-pyrrole nitrogens is 1. The zero-order valence-corrected chi connectivity index (χ0v) is 17.0. The van der Waals surface area contributed by atoms with Crippen LogP contribution in [-0.4, -0.2) is 32.8 Å². The van der Waals surface area contributed by atoms with Crippen molar-refractivity contribution < 1.29 is 4.79 Å². The highest BCUT2D eigenvalue weighted by Gasteiger charge is 2.15. The first kappa shape index (κ1) is 19.0. The van der Waals surface area contributed by atoms with E-state index in [2.05, 4.69) is 21.0 Å². The Morgan fingerprint density at radius 1 is 1.14 bits per heavy atom. The summed E-state index contributed by atoms with van der Waals surface area (Å²) < 4.78 is 0. The summed E-state index contributed by atoms with van der Waals surface area (Å²) in [6.07, 6.45) is 0.205. The lowest BCUT2D eigenvalue weighted by atomic mass is 10.1. The Kier molecular flexibility index (Phi) is 5.22. The summed E-state index contributed by atoms with van der Waals surface area (Å²) in [4.78, 5) is 38.2. The van der Waals surface area contributed by atoms with E-state index in [1.54, 1.807) is 30.1 Å². The number of nitrogens with zero attached hydrogens (tertiary/aromatic N) is 3. The molecule has 0 fully saturated rings. The topological polar surface area (TPSA) is 79.0 Å². The summed E-state index contributed by atoms with van der Waals surface area (Å²) in [7, 11) is 1.70. The second-order valence-electron chi connectivity index (χ2n) is 6.97. The van der Waals surface area contributed by atoms with Gasteiger partial charge in [-0.1, -0.05) is 35.9 Å². The van der Waals surface area contributed by atoms with Crippen molar-refractivity contribution in [2.24, 2.45) is 0 Å². The molecule has 0 aliphatic heterocycles. The van der Waals surface area contributed by atoms with Gasteiger partial charge in [0.1, 0.15) is 10.8 Å². The number of nitrogens with one attached hydrogen (secondary N) is 1. The minimum atomic E-state index is -0.200. The van der Waals surface area contributed by atoms with Crippen LogP contribution in [0.1, 0.15) is 17.1 Å². The molecule has 0 aliphatic rings. The minimum absolute atomic E-state index is 0.0816. The Hall–Kier alpha value is -3.32. The van der Waals surface area contributed by atoms with E-state index in [1.165, 1.54) is 16.9 Å². The lowest BCUT2D eigenvalue weighted by molar-refractivity contribution is -0.129. The van der Waals surface area contributed by atoms with Crippen molar-refractivity contribution in [2.45, 2.75) is 19.9 Å².